The van der Waals surface area contributed by atoms with E-state index in [0.29, 0.717) is 11.4 Å². The van der Waals surface area contributed by atoms with Crippen LogP contribution in [0, 0.1) is 0 Å². The van der Waals surface area contributed by atoms with Crippen molar-refractivity contribution in [2.24, 2.45) is 7.05 Å². The van der Waals surface area contributed by atoms with E-state index in [4.69, 9.17) is 0 Å². The number of tetrazole rings is 1. The number of hydrogen-bond acceptors (Lipinski definition) is 5. The molecule has 8 nitrogen and oxygen atoms in total. The van der Waals surface area contributed by atoms with Crippen molar-refractivity contribution < 1.29 is 4.79 Å². The summed E-state index contributed by atoms with van der Waals surface area (Å²) in [5, 5.41) is 18.3. The molecule has 1 amide bonds. The second-order valence-electron chi connectivity index (χ2n) is 5.66. The van der Waals surface area contributed by atoms with Gasteiger partial charge >= 0.3 is 0 Å². The first-order valence-corrected chi connectivity index (χ1v) is 7.95. The van der Waals surface area contributed by atoms with E-state index in [1.165, 1.54) is 6.33 Å². The standard InChI is InChI=1S/C18H15N7O/c1-24-17(11-16(21-24)13-5-3-2-4-6-13)18(26)20-14-7-9-15(10-8-14)25-12-19-22-23-25/h2-12H,1H3,(H,20,26). The lowest BCUT2D eigenvalue weighted by Gasteiger charge is -2.06. The Balaban J connectivity index is 1.52. The number of rotatable bonds is 4. The first-order chi connectivity index (χ1) is 12.7. The van der Waals surface area contributed by atoms with Crippen molar-refractivity contribution in [1.29, 1.82) is 0 Å². The van der Waals surface area contributed by atoms with Crippen molar-refractivity contribution in [3.63, 3.8) is 0 Å². The quantitative estimate of drug-likeness (QED) is 0.613. The fraction of sp³-hybridized carbons (Fsp3) is 0.0556. The van der Waals surface area contributed by atoms with E-state index in [2.05, 4.69) is 25.9 Å². The summed E-state index contributed by atoms with van der Waals surface area (Å²) in [6.45, 7) is 0. The largest absolute Gasteiger partial charge is 0.321 e. The Morgan fingerprint density at radius 1 is 1.04 bits per heavy atom. The van der Waals surface area contributed by atoms with Crippen LogP contribution in [0.15, 0.2) is 67.0 Å². The molecule has 1 N–H and O–H groups in total. The zero-order chi connectivity index (χ0) is 17.9. The van der Waals surface area contributed by atoms with Gasteiger partial charge in [-0.3, -0.25) is 9.48 Å². The maximum Gasteiger partial charge on any atom is 0.273 e. The van der Waals surface area contributed by atoms with E-state index in [1.807, 2.05) is 42.5 Å². The zero-order valence-electron chi connectivity index (χ0n) is 13.9. The number of carbonyl (C=O) groups is 1. The Morgan fingerprint density at radius 3 is 2.50 bits per heavy atom. The number of carbonyl (C=O) groups excluding carboxylic acids is 1. The Bertz CT molecular complexity index is 1020. The summed E-state index contributed by atoms with van der Waals surface area (Å²) in [4.78, 5) is 12.6. The number of benzene rings is 2. The number of aromatic nitrogens is 6. The molecule has 0 aliphatic heterocycles. The van der Waals surface area contributed by atoms with E-state index < -0.39 is 0 Å². The average molecular weight is 345 g/mol. The maximum absolute atomic E-state index is 12.6. The SMILES string of the molecule is Cn1nc(-c2ccccc2)cc1C(=O)Nc1ccc(-n2cnnn2)cc1. The summed E-state index contributed by atoms with van der Waals surface area (Å²) in [5.41, 5.74) is 3.68. The molecule has 0 saturated carbocycles. The van der Waals surface area contributed by atoms with Crippen molar-refractivity contribution in [3.05, 3.63) is 72.7 Å². The van der Waals surface area contributed by atoms with Gasteiger partial charge in [-0.2, -0.15) is 5.10 Å². The number of aryl methyl sites for hydroxylation is 1. The second-order valence-corrected chi connectivity index (χ2v) is 5.66. The Kier molecular flexibility index (Phi) is 3.98. The fourth-order valence-electron chi connectivity index (χ4n) is 2.60. The number of anilines is 1. The van der Waals surface area contributed by atoms with Crippen LogP contribution in [-0.2, 0) is 7.05 Å². The van der Waals surface area contributed by atoms with E-state index in [-0.39, 0.29) is 5.91 Å². The lowest BCUT2D eigenvalue weighted by atomic mass is 10.1. The van der Waals surface area contributed by atoms with Gasteiger partial charge in [0.2, 0.25) is 0 Å². The molecule has 0 saturated heterocycles. The minimum atomic E-state index is -0.225. The van der Waals surface area contributed by atoms with Crippen molar-refractivity contribution in [2.75, 3.05) is 5.32 Å². The molecular weight excluding hydrogens is 330 g/mol. The van der Waals surface area contributed by atoms with Gasteiger partial charge < -0.3 is 5.32 Å². The van der Waals surface area contributed by atoms with Crippen molar-refractivity contribution >= 4 is 11.6 Å². The molecule has 4 aromatic rings. The Labute approximate surface area is 149 Å². The van der Waals surface area contributed by atoms with Gasteiger partial charge in [0.25, 0.3) is 5.91 Å². The van der Waals surface area contributed by atoms with Gasteiger partial charge in [-0.05, 0) is 40.8 Å². The molecule has 2 aromatic carbocycles. The summed E-state index contributed by atoms with van der Waals surface area (Å²) in [7, 11) is 1.75. The smallest absolute Gasteiger partial charge is 0.273 e. The average Bonchev–Trinajstić information content (AvgIpc) is 3.33. The third-order valence-electron chi connectivity index (χ3n) is 3.92. The summed E-state index contributed by atoms with van der Waals surface area (Å²) < 4.78 is 3.12. The zero-order valence-corrected chi connectivity index (χ0v) is 13.9. The van der Waals surface area contributed by atoms with Crippen LogP contribution in [0.25, 0.3) is 16.9 Å². The number of amides is 1. The molecule has 0 bridgehead atoms. The van der Waals surface area contributed by atoms with Crippen LogP contribution >= 0.6 is 0 Å². The van der Waals surface area contributed by atoms with Crippen LogP contribution in [-0.4, -0.2) is 35.9 Å². The molecule has 2 heterocycles. The molecule has 0 unspecified atom stereocenters. The minimum Gasteiger partial charge on any atom is -0.321 e. The Hall–Kier alpha value is -3.81. The molecule has 0 aliphatic rings. The minimum absolute atomic E-state index is 0.225. The van der Waals surface area contributed by atoms with Crippen molar-refractivity contribution in [3.8, 4) is 16.9 Å². The van der Waals surface area contributed by atoms with Gasteiger partial charge in [0.1, 0.15) is 12.0 Å². The number of nitrogens with zero attached hydrogens (tertiary/aromatic N) is 6. The molecule has 4 rings (SSSR count). The molecule has 0 spiro atoms. The summed E-state index contributed by atoms with van der Waals surface area (Å²) >= 11 is 0. The first-order valence-electron chi connectivity index (χ1n) is 7.95. The van der Waals surface area contributed by atoms with Gasteiger partial charge in [0.15, 0.2) is 0 Å². The van der Waals surface area contributed by atoms with Gasteiger partial charge in [0, 0.05) is 18.3 Å². The molecule has 0 aliphatic carbocycles. The third-order valence-corrected chi connectivity index (χ3v) is 3.92. The summed E-state index contributed by atoms with van der Waals surface area (Å²) in [6.07, 6.45) is 1.51. The molecule has 0 fully saturated rings. The highest BCUT2D eigenvalue weighted by Gasteiger charge is 2.14. The maximum atomic E-state index is 12.6. The molecular formula is C18H15N7O. The topological polar surface area (TPSA) is 90.5 Å². The monoisotopic (exact) mass is 345 g/mol. The number of hydrogen-bond donors (Lipinski definition) is 1. The van der Waals surface area contributed by atoms with E-state index in [1.54, 1.807) is 34.6 Å². The van der Waals surface area contributed by atoms with Crippen LogP contribution < -0.4 is 5.32 Å². The van der Waals surface area contributed by atoms with Gasteiger partial charge in [-0.15, -0.1) is 5.10 Å². The van der Waals surface area contributed by atoms with Crippen LogP contribution in [0.1, 0.15) is 10.5 Å². The van der Waals surface area contributed by atoms with Gasteiger partial charge in [-0.25, -0.2) is 4.68 Å². The molecule has 2 aromatic heterocycles. The van der Waals surface area contributed by atoms with Crippen LogP contribution in [0.3, 0.4) is 0 Å². The second kappa shape index (κ2) is 6.60. The molecule has 0 atom stereocenters. The summed E-state index contributed by atoms with van der Waals surface area (Å²) in [6, 6.07) is 18.8. The predicted molar refractivity (Wildman–Crippen MR) is 95.8 cm³/mol. The van der Waals surface area contributed by atoms with E-state index in [9.17, 15) is 4.79 Å². The highest BCUT2D eigenvalue weighted by molar-refractivity contribution is 6.03. The normalized spacial score (nSPS) is 10.7. The Morgan fingerprint density at radius 2 is 1.81 bits per heavy atom. The summed E-state index contributed by atoms with van der Waals surface area (Å²) in [5.74, 6) is -0.225. The van der Waals surface area contributed by atoms with Crippen LogP contribution in [0.5, 0.6) is 0 Å². The lowest BCUT2D eigenvalue weighted by molar-refractivity contribution is 0.101. The third kappa shape index (κ3) is 3.07. The molecule has 8 heteroatoms. The number of nitrogens with one attached hydrogen (secondary N) is 1. The lowest BCUT2D eigenvalue weighted by Crippen LogP contribution is -2.16. The van der Waals surface area contributed by atoms with Crippen molar-refractivity contribution in [1.82, 2.24) is 30.0 Å². The fourth-order valence-corrected chi connectivity index (χ4v) is 2.60. The van der Waals surface area contributed by atoms with Crippen molar-refractivity contribution in [2.45, 2.75) is 0 Å². The molecule has 26 heavy (non-hydrogen) atoms. The predicted octanol–water partition coefficient (Wildman–Crippen LogP) is 2.32. The van der Waals surface area contributed by atoms with Crippen LogP contribution in [0.4, 0.5) is 5.69 Å². The van der Waals surface area contributed by atoms with Crippen LogP contribution in [0.2, 0.25) is 0 Å². The molecule has 128 valence electrons. The van der Waals surface area contributed by atoms with Gasteiger partial charge in [0.05, 0.1) is 11.4 Å². The van der Waals surface area contributed by atoms with E-state index >= 15 is 0 Å². The van der Waals surface area contributed by atoms with E-state index in [0.717, 1.165) is 16.9 Å². The first kappa shape index (κ1) is 15.7. The highest BCUT2D eigenvalue weighted by atomic mass is 16.2. The highest BCUT2D eigenvalue weighted by Crippen LogP contribution is 2.19. The van der Waals surface area contributed by atoms with Gasteiger partial charge in [-0.1, -0.05) is 30.3 Å². The molecule has 0 radical (unpaired) electrons.